The number of aryl methyl sites for hydroxylation is 1. The normalized spacial score (nSPS) is 11.1. The molecule has 0 saturated carbocycles. The van der Waals surface area contributed by atoms with Gasteiger partial charge in [0.05, 0.1) is 2.88 Å². The maximum Gasteiger partial charge on any atom is 0.190 e. The van der Waals surface area contributed by atoms with Crippen molar-refractivity contribution in [3.8, 4) is 0 Å². The Morgan fingerprint density at radius 2 is 2.18 bits per heavy atom. The minimum Gasteiger partial charge on any atom is -0.356 e. The third-order valence-corrected chi connectivity index (χ3v) is 4.89. The molecule has 0 radical (unpaired) electrons. The summed E-state index contributed by atoms with van der Waals surface area (Å²) in [6.07, 6.45) is 5.84. The van der Waals surface area contributed by atoms with Gasteiger partial charge in [0.2, 0.25) is 0 Å². The number of aliphatic imine (C=N–C) groups is 1. The van der Waals surface area contributed by atoms with Crippen molar-refractivity contribution in [2.24, 2.45) is 4.99 Å². The zero-order valence-corrected chi connectivity index (χ0v) is 17.8. The quantitative estimate of drug-likeness (QED) is 0.244. The molecule has 0 spiro atoms. The third-order valence-electron chi connectivity index (χ3n) is 2.93. The highest BCUT2D eigenvalue weighted by Crippen LogP contribution is 2.18. The molecule has 0 bridgehead atoms. The Morgan fingerprint density at radius 1 is 1.36 bits per heavy atom. The molecule has 5 nitrogen and oxygen atoms in total. The van der Waals surface area contributed by atoms with Crippen molar-refractivity contribution in [1.29, 1.82) is 0 Å². The molecule has 2 N–H and O–H groups in total. The number of hydrogen-bond acceptors (Lipinski definition) is 3. The van der Waals surface area contributed by atoms with Gasteiger partial charge in [-0.1, -0.05) is 0 Å². The molecule has 122 valence electrons. The van der Waals surface area contributed by atoms with Crippen LogP contribution >= 0.6 is 57.9 Å². The molecule has 0 aliphatic carbocycles. The van der Waals surface area contributed by atoms with E-state index in [-0.39, 0.29) is 24.0 Å². The number of halogens is 2. The molecule has 8 heteroatoms. The molecule has 0 aliphatic rings. The molecule has 0 atom stereocenters. The van der Waals surface area contributed by atoms with Crippen molar-refractivity contribution in [3.63, 3.8) is 0 Å². The van der Waals surface area contributed by atoms with E-state index in [4.69, 9.17) is 0 Å². The molecule has 2 heterocycles. The zero-order valence-electron chi connectivity index (χ0n) is 12.5. The second-order valence-electron chi connectivity index (χ2n) is 4.50. The third kappa shape index (κ3) is 7.27. The largest absolute Gasteiger partial charge is 0.356 e. The summed E-state index contributed by atoms with van der Waals surface area (Å²) in [5, 5.41) is 10.8. The van der Waals surface area contributed by atoms with Gasteiger partial charge in [-0.2, -0.15) is 5.10 Å². The molecular weight excluding hydrogens is 524 g/mol. The van der Waals surface area contributed by atoms with Gasteiger partial charge in [-0.25, -0.2) is 0 Å². The van der Waals surface area contributed by atoms with Crippen molar-refractivity contribution in [3.05, 3.63) is 38.4 Å². The number of thiophene rings is 1. The first-order valence-electron chi connectivity index (χ1n) is 6.94. The van der Waals surface area contributed by atoms with Gasteiger partial charge in [0.15, 0.2) is 5.96 Å². The molecule has 0 fully saturated rings. The van der Waals surface area contributed by atoms with E-state index in [1.807, 2.05) is 28.3 Å². The molecule has 0 unspecified atom stereocenters. The van der Waals surface area contributed by atoms with Crippen LogP contribution in [0.15, 0.2) is 35.6 Å². The summed E-state index contributed by atoms with van der Waals surface area (Å²) < 4.78 is 3.28. The smallest absolute Gasteiger partial charge is 0.190 e. The second kappa shape index (κ2) is 11.2. The highest BCUT2D eigenvalue weighted by atomic mass is 127. The Morgan fingerprint density at radius 3 is 2.82 bits per heavy atom. The van der Waals surface area contributed by atoms with Gasteiger partial charge >= 0.3 is 0 Å². The lowest BCUT2D eigenvalue weighted by atomic mass is 10.3. The maximum atomic E-state index is 4.23. The number of rotatable bonds is 7. The Labute approximate surface area is 166 Å². The summed E-state index contributed by atoms with van der Waals surface area (Å²) in [5.41, 5.74) is 0. The van der Waals surface area contributed by atoms with Crippen LogP contribution in [0.2, 0.25) is 0 Å². The molecule has 2 aromatic heterocycles. The van der Waals surface area contributed by atoms with E-state index in [0.29, 0.717) is 0 Å². The number of nitrogens with zero attached hydrogens (tertiary/aromatic N) is 3. The van der Waals surface area contributed by atoms with E-state index in [0.717, 1.165) is 38.4 Å². The van der Waals surface area contributed by atoms with Crippen LogP contribution in [0, 0.1) is 2.88 Å². The van der Waals surface area contributed by atoms with E-state index in [1.54, 1.807) is 13.2 Å². The molecular formula is C14H21I2N5S. The van der Waals surface area contributed by atoms with Crippen LogP contribution in [0.4, 0.5) is 0 Å². The van der Waals surface area contributed by atoms with Crippen LogP contribution in [-0.4, -0.2) is 35.9 Å². The van der Waals surface area contributed by atoms with Crippen molar-refractivity contribution < 1.29 is 0 Å². The van der Waals surface area contributed by atoms with E-state index in [9.17, 15) is 0 Å². The fourth-order valence-corrected chi connectivity index (χ4v) is 3.65. The zero-order chi connectivity index (χ0) is 14.9. The van der Waals surface area contributed by atoms with Crippen molar-refractivity contribution in [1.82, 2.24) is 20.4 Å². The highest BCUT2D eigenvalue weighted by Gasteiger charge is 2.00. The lowest BCUT2D eigenvalue weighted by Crippen LogP contribution is -2.38. The Bertz CT molecular complexity index is 553. The number of nitrogens with one attached hydrogen (secondary N) is 2. The number of hydrogen-bond donors (Lipinski definition) is 2. The molecule has 22 heavy (non-hydrogen) atoms. The van der Waals surface area contributed by atoms with Crippen molar-refractivity contribution in [2.45, 2.75) is 19.4 Å². The monoisotopic (exact) mass is 545 g/mol. The summed E-state index contributed by atoms with van der Waals surface area (Å²) in [6.45, 7) is 2.70. The topological polar surface area (TPSA) is 54.2 Å². The highest BCUT2D eigenvalue weighted by molar-refractivity contribution is 14.1. The summed E-state index contributed by atoms with van der Waals surface area (Å²) in [6, 6.07) is 6.29. The maximum absolute atomic E-state index is 4.23. The molecule has 0 amide bonds. The number of aromatic nitrogens is 2. The first kappa shape index (κ1) is 19.7. The average Bonchev–Trinajstić information content (AvgIpc) is 3.13. The first-order chi connectivity index (χ1) is 10.3. The SMILES string of the molecule is CN=C(NCCCn1cccn1)NCCc1ccc(I)s1.I. The van der Waals surface area contributed by atoms with Gasteiger partial charge in [-0.3, -0.25) is 9.67 Å². The minimum atomic E-state index is 0. The molecule has 2 aromatic rings. The Balaban J connectivity index is 0.00000242. The second-order valence-corrected chi connectivity index (χ2v) is 7.57. The van der Waals surface area contributed by atoms with Crippen LogP contribution in [-0.2, 0) is 13.0 Å². The average molecular weight is 545 g/mol. The standard InChI is InChI=1S/C14H20IN5S.HI/c1-16-14(17-7-2-10-20-11-3-8-19-20)18-9-6-12-4-5-13(15)21-12;/h3-5,8,11H,2,6-7,9-10H2,1H3,(H2,16,17,18);1H. The summed E-state index contributed by atoms with van der Waals surface area (Å²) in [5.74, 6) is 0.863. The fraction of sp³-hybridized carbons (Fsp3) is 0.429. The van der Waals surface area contributed by atoms with E-state index in [2.05, 4.69) is 55.4 Å². The molecule has 0 aromatic carbocycles. The van der Waals surface area contributed by atoms with Crippen LogP contribution < -0.4 is 10.6 Å². The van der Waals surface area contributed by atoms with Gasteiger partial charge in [0.25, 0.3) is 0 Å². The van der Waals surface area contributed by atoms with Gasteiger partial charge < -0.3 is 10.6 Å². The van der Waals surface area contributed by atoms with E-state index in [1.165, 1.54) is 7.76 Å². The van der Waals surface area contributed by atoms with Gasteiger partial charge in [0, 0.05) is 44.0 Å². The van der Waals surface area contributed by atoms with Crippen molar-refractivity contribution >= 4 is 63.9 Å². The van der Waals surface area contributed by atoms with E-state index >= 15 is 0 Å². The predicted molar refractivity (Wildman–Crippen MR) is 112 cm³/mol. The van der Waals surface area contributed by atoms with Crippen molar-refractivity contribution in [2.75, 3.05) is 20.1 Å². The molecule has 0 aliphatic heterocycles. The van der Waals surface area contributed by atoms with Crippen LogP contribution in [0.3, 0.4) is 0 Å². The summed E-state index contributed by atoms with van der Waals surface area (Å²) >= 11 is 4.20. The van der Waals surface area contributed by atoms with Gasteiger partial charge in [0.1, 0.15) is 0 Å². The van der Waals surface area contributed by atoms with Crippen LogP contribution in [0.25, 0.3) is 0 Å². The summed E-state index contributed by atoms with van der Waals surface area (Å²) in [4.78, 5) is 5.64. The van der Waals surface area contributed by atoms with Crippen LogP contribution in [0.5, 0.6) is 0 Å². The predicted octanol–water partition coefficient (Wildman–Crippen LogP) is 2.97. The van der Waals surface area contributed by atoms with Gasteiger partial charge in [-0.05, 0) is 53.6 Å². The summed E-state index contributed by atoms with van der Waals surface area (Å²) in [7, 11) is 1.80. The minimum absolute atomic E-state index is 0. The number of guanidine groups is 1. The molecule has 2 rings (SSSR count). The Kier molecular flexibility index (Phi) is 10.0. The van der Waals surface area contributed by atoms with Gasteiger partial charge in [-0.15, -0.1) is 35.3 Å². The Hall–Kier alpha value is -0.360. The lowest BCUT2D eigenvalue weighted by Gasteiger charge is -2.11. The lowest BCUT2D eigenvalue weighted by molar-refractivity contribution is 0.570. The fourth-order valence-electron chi connectivity index (χ4n) is 1.89. The van der Waals surface area contributed by atoms with Crippen LogP contribution in [0.1, 0.15) is 11.3 Å². The van der Waals surface area contributed by atoms with E-state index < -0.39 is 0 Å². The molecule has 0 saturated heterocycles. The first-order valence-corrected chi connectivity index (χ1v) is 8.83.